The Balaban J connectivity index is 3.21. The molecule has 0 aliphatic rings. The summed E-state index contributed by atoms with van der Waals surface area (Å²) in [5.74, 6) is -0.908. The summed E-state index contributed by atoms with van der Waals surface area (Å²) in [5, 5.41) is 9.26. The van der Waals surface area contributed by atoms with Crippen molar-refractivity contribution in [3.8, 4) is 0 Å². The molecule has 0 saturated carbocycles. The molecule has 0 rings (SSSR count). The zero-order valence-corrected chi connectivity index (χ0v) is 7.30. The fourth-order valence-corrected chi connectivity index (χ4v) is 0.979. The van der Waals surface area contributed by atoms with E-state index in [0.29, 0.717) is 6.42 Å². The lowest BCUT2D eigenvalue weighted by Crippen LogP contribution is -2.29. The Bertz CT molecular complexity index is 108. The molecule has 0 amide bonds. The number of alkyl halides is 1. The van der Waals surface area contributed by atoms with E-state index in [0.717, 1.165) is 18.2 Å². The van der Waals surface area contributed by atoms with Gasteiger partial charge in [-0.3, -0.25) is 4.79 Å². The van der Waals surface area contributed by atoms with Crippen LogP contribution in [0.2, 0.25) is 0 Å². The topological polar surface area (TPSA) is 63.3 Å². The molecule has 0 saturated heterocycles. The van der Waals surface area contributed by atoms with Gasteiger partial charge in [-0.2, -0.15) is 0 Å². The first kappa shape index (κ1) is 9.91. The largest absolute Gasteiger partial charge is 0.480 e. The van der Waals surface area contributed by atoms with Gasteiger partial charge in [-0.25, -0.2) is 0 Å². The van der Waals surface area contributed by atoms with E-state index >= 15 is 0 Å². The number of hydrogen-bond acceptors (Lipinski definition) is 2. The molecule has 0 fully saturated rings. The summed E-state index contributed by atoms with van der Waals surface area (Å²) in [6.07, 6.45) is 2.43. The molecule has 60 valence electrons. The summed E-state index contributed by atoms with van der Waals surface area (Å²) < 4.78 is 0. The number of carbonyl (C=O) groups is 1. The minimum absolute atomic E-state index is 0.570. The third kappa shape index (κ3) is 4.76. The molecule has 0 aromatic carbocycles. The molecule has 0 radical (unpaired) electrons. The van der Waals surface area contributed by atoms with E-state index in [-0.39, 0.29) is 0 Å². The van der Waals surface area contributed by atoms with Gasteiger partial charge in [0.15, 0.2) is 0 Å². The molecule has 0 unspecified atom stereocenters. The predicted molar refractivity (Wildman–Crippen MR) is 43.3 cm³/mol. The van der Waals surface area contributed by atoms with Crippen LogP contribution in [0.5, 0.6) is 0 Å². The number of carboxylic acids is 1. The van der Waals surface area contributed by atoms with Gasteiger partial charge in [-0.05, 0) is 12.8 Å². The van der Waals surface area contributed by atoms with Crippen LogP contribution in [0.25, 0.3) is 0 Å². The van der Waals surface area contributed by atoms with Crippen LogP contribution in [-0.4, -0.2) is 22.4 Å². The maximum absolute atomic E-state index is 10.2. The molecule has 3 N–H and O–H groups in total. The average Bonchev–Trinajstić information content (AvgIpc) is 1.88. The van der Waals surface area contributed by atoms with Gasteiger partial charge in [0.25, 0.3) is 0 Å². The minimum atomic E-state index is -0.908. The van der Waals surface area contributed by atoms with Gasteiger partial charge in [-0.1, -0.05) is 22.4 Å². The fraction of sp³-hybridized carbons (Fsp3) is 0.833. The summed E-state index contributed by atoms with van der Waals surface area (Å²) in [6, 6.07) is -0.681. The summed E-state index contributed by atoms with van der Waals surface area (Å²) in [4.78, 5) is 10.2. The van der Waals surface area contributed by atoms with Crippen LogP contribution in [0.15, 0.2) is 0 Å². The van der Waals surface area contributed by atoms with E-state index in [1.807, 2.05) is 0 Å². The van der Waals surface area contributed by atoms with Crippen LogP contribution in [0.4, 0.5) is 0 Å². The molecule has 0 aromatic rings. The number of rotatable bonds is 5. The summed E-state index contributed by atoms with van der Waals surface area (Å²) in [6.45, 7) is 0. The van der Waals surface area contributed by atoms with Gasteiger partial charge in [0, 0.05) is 5.33 Å². The van der Waals surface area contributed by atoms with Gasteiger partial charge < -0.3 is 10.8 Å². The van der Waals surface area contributed by atoms with Crippen LogP contribution >= 0.6 is 15.9 Å². The Morgan fingerprint density at radius 2 is 2.20 bits per heavy atom. The smallest absolute Gasteiger partial charge is 0.320 e. The van der Waals surface area contributed by atoms with E-state index in [1.54, 1.807) is 0 Å². The molecular weight excluding hydrogens is 198 g/mol. The van der Waals surface area contributed by atoms with E-state index in [1.165, 1.54) is 0 Å². The van der Waals surface area contributed by atoms with Crippen molar-refractivity contribution in [2.24, 2.45) is 5.73 Å². The second-order valence-electron chi connectivity index (χ2n) is 2.13. The average molecular weight is 210 g/mol. The fourth-order valence-electron chi connectivity index (χ4n) is 0.582. The quantitative estimate of drug-likeness (QED) is 0.524. The van der Waals surface area contributed by atoms with Crippen molar-refractivity contribution < 1.29 is 9.90 Å². The molecule has 0 spiro atoms. The Morgan fingerprint density at radius 3 is 2.60 bits per heavy atom. The molecular formula is C6H12BrNO2. The molecule has 4 heteroatoms. The van der Waals surface area contributed by atoms with Crippen molar-refractivity contribution in [1.82, 2.24) is 0 Å². The third-order valence-corrected chi connectivity index (χ3v) is 1.78. The van der Waals surface area contributed by atoms with Crippen LogP contribution in [0, 0.1) is 0 Å². The molecule has 0 heterocycles. The zero-order chi connectivity index (χ0) is 7.98. The molecule has 0 aliphatic carbocycles. The molecule has 3 nitrogen and oxygen atoms in total. The summed E-state index contributed by atoms with van der Waals surface area (Å²) >= 11 is 3.25. The van der Waals surface area contributed by atoms with E-state index in [9.17, 15) is 4.79 Å². The second-order valence-corrected chi connectivity index (χ2v) is 2.92. The first-order chi connectivity index (χ1) is 4.68. The Morgan fingerprint density at radius 1 is 1.60 bits per heavy atom. The number of hydrogen-bond donors (Lipinski definition) is 2. The van der Waals surface area contributed by atoms with Gasteiger partial charge in [0.2, 0.25) is 0 Å². The first-order valence-corrected chi connectivity index (χ1v) is 4.35. The van der Waals surface area contributed by atoms with Gasteiger partial charge in [-0.15, -0.1) is 0 Å². The molecule has 0 bridgehead atoms. The Hall–Kier alpha value is -0.0900. The molecule has 0 aliphatic heterocycles. The number of halogens is 1. The zero-order valence-electron chi connectivity index (χ0n) is 5.72. The van der Waals surface area contributed by atoms with Crippen molar-refractivity contribution in [2.75, 3.05) is 5.33 Å². The highest BCUT2D eigenvalue weighted by molar-refractivity contribution is 9.09. The maximum Gasteiger partial charge on any atom is 0.320 e. The van der Waals surface area contributed by atoms with Crippen molar-refractivity contribution >= 4 is 21.9 Å². The lowest BCUT2D eigenvalue weighted by Gasteiger charge is -2.03. The first-order valence-electron chi connectivity index (χ1n) is 3.23. The number of nitrogens with two attached hydrogens (primary N) is 1. The maximum atomic E-state index is 10.2. The normalized spacial score (nSPS) is 13.0. The number of aliphatic carboxylic acids is 1. The van der Waals surface area contributed by atoms with Crippen LogP contribution < -0.4 is 5.73 Å². The minimum Gasteiger partial charge on any atom is -0.480 e. The van der Waals surface area contributed by atoms with Gasteiger partial charge in [0.1, 0.15) is 6.04 Å². The van der Waals surface area contributed by atoms with Crippen LogP contribution in [0.3, 0.4) is 0 Å². The van der Waals surface area contributed by atoms with Crippen molar-refractivity contribution in [1.29, 1.82) is 0 Å². The summed E-state index contributed by atoms with van der Waals surface area (Å²) in [7, 11) is 0. The summed E-state index contributed by atoms with van der Waals surface area (Å²) in [5.41, 5.74) is 5.24. The lowest BCUT2D eigenvalue weighted by atomic mass is 10.1. The molecule has 0 aromatic heterocycles. The van der Waals surface area contributed by atoms with Gasteiger partial charge in [0.05, 0.1) is 0 Å². The predicted octanol–water partition coefficient (Wildman–Crippen LogP) is 0.964. The highest BCUT2D eigenvalue weighted by atomic mass is 79.9. The van der Waals surface area contributed by atoms with Crippen LogP contribution in [-0.2, 0) is 4.79 Å². The number of carboxylic acid groups (broad SMARTS) is 1. The monoisotopic (exact) mass is 209 g/mol. The highest BCUT2D eigenvalue weighted by Gasteiger charge is 2.09. The number of unbranched alkanes of at least 4 members (excludes halogenated alkanes) is 1. The van der Waals surface area contributed by atoms with E-state index in [2.05, 4.69) is 15.9 Å². The van der Waals surface area contributed by atoms with Crippen LogP contribution in [0.1, 0.15) is 19.3 Å². The van der Waals surface area contributed by atoms with Crippen molar-refractivity contribution in [3.05, 3.63) is 0 Å². The van der Waals surface area contributed by atoms with E-state index in [4.69, 9.17) is 10.8 Å². The molecule has 10 heavy (non-hydrogen) atoms. The molecule has 1 atom stereocenters. The standard InChI is InChI=1S/C6H12BrNO2/c7-4-2-1-3-5(8)6(9)10/h5H,1-4,8H2,(H,9,10)/t5-/m0/s1. The second kappa shape index (κ2) is 5.68. The Labute approximate surface area is 68.7 Å². The Kier molecular flexibility index (Phi) is 5.63. The third-order valence-electron chi connectivity index (χ3n) is 1.22. The van der Waals surface area contributed by atoms with Crippen molar-refractivity contribution in [3.63, 3.8) is 0 Å². The lowest BCUT2D eigenvalue weighted by molar-refractivity contribution is -0.138. The van der Waals surface area contributed by atoms with E-state index < -0.39 is 12.0 Å². The van der Waals surface area contributed by atoms with Crippen molar-refractivity contribution in [2.45, 2.75) is 25.3 Å². The highest BCUT2D eigenvalue weighted by Crippen LogP contribution is 2.00. The SMILES string of the molecule is N[C@@H](CCCCBr)C(=O)O. The van der Waals surface area contributed by atoms with Gasteiger partial charge >= 0.3 is 5.97 Å².